The van der Waals surface area contributed by atoms with Crippen molar-refractivity contribution in [1.82, 2.24) is 4.90 Å². The van der Waals surface area contributed by atoms with E-state index >= 15 is 0 Å². The average molecular weight is 450 g/mol. The highest BCUT2D eigenvalue weighted by Gasteiger charge is 2.32. The molecule has 0 fully saturated rings. The lowest BCUT2D eigenvalue weighted by atomic mass is 9.94. The molecule has 0 unspecified atom stereocenters. The number of nitrogens with zero attached hydrogens (tertiary/aromatic N) is 1. The molecular formula is C20H13Cl2NO5S. The zero-order valence-corrected chi connectivity index (χ0v) is 17.1. The maximum Gasteiger partial charge on any atom is 0.298 e. The summed E-state index contributed by atoms with van der Waals surface area (Å²) < 4.78 is 29.8. The van der Waals surface area contributed by atoms with E-state index in [4.69, 9.17) is 27.4 Å². The molecule has 6 nitrogen and oxygen atoms in total. The monoisotopic (exact) mass is 449 g/mol. The van der Waals surface area contributed by atoms with E-state index in [-0.39, 0.29) is 21.5 Å². The molecule has 0 atom stereocenters. The summed E-state index contributed by atoms with van der Waals surface area (Å²) >= 11 is 11.7. The van der Waals surface area contributed by atoms with Gasteiger partial charge in [-0.3, -0.25) is 18.7 Å². The second kappa shape index (κ2) is 7.42. The van der Waals surface area contributed by atoms with E-state index < -0.39 is 28.5 Å². The number of carbonyl (C=O) groups is 2. The molecule has 0 spiro atoms. The minimum atomic E-state index is -4.22. The highest BCUT2D eigenvalue weighted by atomic mass is 35.5. The van der Waals surface area contributed by atoms with Crippen LogP contribution in [0.4, 0.5) is 0 Å². The van der Waals surface area contributed by atoms with Crippen LogP contribution in [-0.2, 0) is 14.3 Å². The molecule has 0 aromatic heterocycles. The van der Waals surface area contributed by atoms with Crippen LogP contribution in [0.25, 0.3) is 10.8 Å². The summed E-state index contributed by atoms with van der Waals surface area (Å²) in [6, 6.07) is 14.3. The molecule has 29 heavy (non-hydrogen) atoms. The maximum atomic E-state index is 12.8. The first-order chi connectivity index (χ1) is 13.8. The van der Waals surface area contributed by atoms with Gasteiger partial charge < -0.3 is 0 Å². The molecule has 3 aromatic rings. The van der Waals surface area contributed by atoms with E-state index in [0.29, 0.717) is 16.5 Å². The molecule has 0 saturated heterocycles. The van der Waals surface area contributed by atoms with Crippen LogP contribution in [0, 0.1) is 0 Å². The van der Waals surface area contributed by atoms with Gasteiger partial charge in [0.25, 0.3) is 21.9 Å². The van der Waals surface area contributed by atoms with Crippen molar-refractivity contribution >= 4 is 55.9 Å². The van der Waals surface area contributed by atoms with Crippen LogP contribution < -0.4 is 0 Å². The van der Waals surface area contributed by atoms with Gasteiger partial charge in [0.05, 0.1) is 18.2 Å². The van der Waals surface area contributed by atoms with Crippen LogP contribution in [0.15, 0.2) is 59.5 Å². The Morgan fingerprint density at radius 1 is 0.897 bits per heavy atom. The predicted molar refractivity (Wildman–Crippen MR) is 109 cm³/mol. The Balaban J connectivity index is 1.56. The normalized spacial score (nSPS) is 13.9. The van der Waals surface area contributed by atoms with Crippen molar-refractivity contribution in [2.24, 2.45) is 0 Å². The Morgan fingerprint density at radius 3 is 2.14 bits per heavy atom. The van der Waals surface area contributed by atoms with Gasteiger partial charge in [0.2, 0.25) is 0 Å². The fraction of sp³-hybridized carbons (Fsp3) is 0.100. The van der Waals surface area contributed by atoms with Crippen molar-refractivity contribution < 1.29 is 22.2 Å². The van der Waals surface area contributed by atoms with Crippen LogP contribution in [0.3, 0.4) is 0 Å². The standard InChI is InChI=1S/C20H13Cl2NO5S/c21-13-7-8-16(22)17(11-13)29(26,27)28-10-9-23-19(24)14-5-1-3-12-4-2-6-15(18(12)14)20(23)25/h1-8,11H,9-10H2. The number of hydrogen-bond donors (Lipinski definition) is 0. The van der Waals surface area contributed by atoms with Crippen LogP contribution in [0.2, 0.25) is 10.0 Å². The van der Waals surface area contributed by atoms with Crippen molar-refractivity contribution in [2.75, 3.05) is 13.2 Å². The molecule has 0 N–H and O–H groups in total. The lowest BCUT2D eigenvalue weighted by molar-refractivity contribution is 0.0588. The summed E-state index contributed by atoms with van der Waals surface area (Å²) in [5.74, 6) is -0.998. The molecule has 1 aliphatic rings. The molecule has 0 radical (unpaired) electrons. The molecule has 1 aliphatic heterocycles. The number of amides is 2. The first-order valence-corrected chi connectivity index (χ1v) is 10.7. The molecule has 1 heterocycles. The Bertz CT molecular complexity index is 1220. The van der Waals surface area contributed by atoms with Crippen molar-refractivity contribution in [2.45, 2.75) is 4.90 Å². The van der Waals surface area contributed by atoms with Gasteiger partial charge in [0.1, 0.15) is 4.90 Å². The van der Waals surface area contributed by atoms with E-state index in [9.17, 15) is 18.0 Å². The third kappa shape index (κ3) is 3.51. The number of carbonyl (C=O) groups excluding carboxylic acids is 2. The fourth-order valence-corrected chi connectivity index (χ4v) is 4.89. The average Bonchev–Trinajstić information content (AvgIpc) is 2.70. The van der Waals surface area contributed by atoms with Crippen molar-refractivity contribution in [1.29, 1.82) is 0 Å². The second-order valence-corrected chi connectivity index (χ2v) is 8.75. The van der Waals surface area contributed by atoms with Gasteiger partial charge in [-0.1, -0.05) is 47.5 Å². The van der Waals surface area contributed by atoms with Crippen LogP contribution in [0.1, 0.15) is 20.7 Å². The van der Waals surface area contributed by atoms with E-state index in [0.717, 1.165) is 10.3 Å². The summed E-state index contributed by atoms with van der Waals surface area (Å²) in [7, 11) is -4.22. The number of halogens is 2. The lowest BCUT2D eigenvalue weighted by Crippen LogP contribution is -2.42. The predicted octanol–water partition coefficient (Wildman–Crippen LogP) is 4.15. The zero-order valence-electron chi connectivity index (χ0n) is 14.8. The SMILES string of the molecule is O=C1c2cccc3cccc(c23)C(=O)N1CCOS(=O)(=O)c1cc(Cl)ccc1Cl. The molecule has 148 valence electrons. The van der Waals surface area contributed by atoms with Crippen molar-refractivity contribution in [3.63, 3.8) is 0 Å². The van der Waals surface area contributed by atoms with Gasteiger partial charge in [-0.15, -0.1) is 0 Å². The topological polar surface area (TPSA) is 80.8 Å². The van der Waals surface area contributed by atoms with E-state index in [2.05, 4.69) is 0 Å². The van der Waals surface area contributed by atoms with Gasteiger partial charge in [-0.25, -0.2) is 0 Å². The Labute approximate surface area is 176 Å². The number of rotatable bonds is 5. The minimum Gasteiger partial charge on any atom is -0.272 e. The van der Waals surface area contributed by atoms with Crippen molar-refractivity contribution in [3.05, 3.63) is 75.8 Å². The molecule has 2 amide bonds. The lowest BCUT2D eigenvalue weighted by Gasteiger charge is -2.27. The minimum absolute atomic E-state index is 0.0415. The first kappa shape index (κ1) is 19.8. The molecule has 4 rings (SSSR count). The number of benzene rings is 3. The molecule has 0 aliphatic carbocycles. The Morgan fingerprint density at radius 2 is 1.52 bits per heavy atom. The van der Waals surface area contributed by atoms with E-state index in [1.165, 1.54) is 18.2 Å². The zero-order chi connectivity index (χ0) is 20.8. The van der Waals surface area contributed by atoms with Gasteiger partial charge in [0.15, 0.2) is 0 Å². The third-order valence-corrected chi connectivity index (χ3v) is 6.60. The summed E-state index contributed by atoms with van der Waals surface area (Å²) in [4.78, 5) is 26.3. The van der Waals surface area contributed by atoms with Gasteiger partial charge >= 0.3 is 0 Å². The third-order valence-electron chi connectivity index (χ3n) is 4.57. The summed E-state index contributed by atoms with van der Waals surface area (Å²) in [6.45, 7) is -0.652. The smallest absolute Gasteiger partial charge is 0.272 e. The summed E-state index contributed by atoms with van der Waals surface area (Å²) in [5.41, 5.74) is 0.775. The van der Waals surface area contributed by atoms with Gasteiger partial charge in [-0.2, -0.15) is 8.42 Å². The molecule has 0 bridgehead atoms. The van der Waals surface area contributed by atoms with Gasteiger partial charge in [0, 0.05) is 21.5 Å². The van der Waals surface area contributed by atoms with Gasteiger partial charge in [-0.05, 0) is 35.7 Å². The summed E-state index contributed by atoms with van der Waals surface area (Å²) in [6.07, 6.45) is 0. The van der Waals surface area contributed by atoms with E-state index in [1.54, 1.807) is 24.3 Å². The number of imide groups is 1. The summed E-state index contributed by atoms with van der Waals surface area (Å²) in [5, 5.41) is 1.53. The van der Waals surface area contributed by atoms with E-state index in [1.807, 2.05) is 12.1 Å². The largest absolute Gasteiger partial charge is 0.298 e. The molecule has 3 aromatic carbocycles. The Hall–Kier alpha value is -2.45. The first-order valence-electron chi connectivity index (χ1n) is 8.52. The molecule has 9 heteroatoms. The molecular weight excluding hydrogens is 437 g/mol. The van der Waals surface area contributed by atoms with Crippen LogP contribution >= 0.6 is 23.2 Å². The quantitative estimate of drug-likeness (QED) is 0.431. The number of hydrogen-bond acceptors (Lipinski definition) is 5. The highest BCUT2D eigenvalue weighted by Crippen LogP contribution is 2.30. The maximum absolute atomic E-state index is 12.8. The fourth-order valence-electron chi connectivity index (χ4n) is 3.25. The van der Waals surface area contributed by atoms with Crippen molar-refractivity contribution in [3.8, 4) is 0 Å². The van der Waals surface area contributed by atoms with Crippen LogP contribution in [-0.4, -0.2) is 38.3 Å². The van der Waals surface area contributed by atoms with Crippen LogP contribution in [0.5, 0.6) is 0 Å². The molecule has 0 saturated carbocycles. The Kier molecular flexibility index (Phi) is 5.08. The highest BCUT2D eigenvalue weighted by molar-refractivity contribution is 7.86. The second-order valence-electron chi connectivity index (χ2n) is 6.32.